The van der Waals surface area contributed by atoms with Crippen molar-refractivity contribution in [2.75, 3.05) is 32.4 Å². The SMILES string of the molecule is CS(=O)(=O)N1CCN(C(=O)c2ccccc2[N+](=O)[O-])CC1. The summed E-state index contributed by atoms with van der Waals surface area (Å²) >= 11 is 0. The fourth-order valence-corrected chi connectivity index (χ4v) is 3.03. The maximum Gasteiger partial charge on any atom is 0.282 e. The van der Waals surface area contributed by atoms with E-state index >= 15 is 0 Å². The van der Waals surface area contributed by atoms with Gasteiger partial charge in [0.05, 0.1) is 11.2 Å². The second kappa shape index (κ2) is 5.78. The molecule has 0 spiro atoms. The van der Waals surface area contributed by atoms with Crippen molar-refractivity contribution >= 4 is 21.6 Å². The van der Waals surface area contributed by atoms with Crippen LogP contribution in [0.5, 0.6) is 0 Å². The van der Waals surface area contributed by atoms with E-state index < -0.39 is 20.9 Å². The van der Waals surface area contributed by atoms with Crippen molar-refractivity contribution in [1.82, 2.24) is 9.21 Å². The lowest BCUT2D eigenvalue weighted by Gasteiger charge is -2.33. The first-order valence-electron chi connectivity index (χ1n) is 6.28. The van der Waals surface area contributed by atoms with Gasteiger partial charge in [-0.15, -0.1) is 0 Å². The van der Waals surface area contributed by atoms with Crippen LogP contribution in [0, 0.1) is 10.1 Å². The van der Waals surface area contributed by atoms with E-state index in [9.17, 15) is 23.3 Å². The fourth-order valence-electron chi connectivity index (χ4n) is 2.21. The monoisotopic (exact) mass is 313 g/mol. The molecule has 0 aromatic heterocycles. The number of sulfonamides is 1. The molecule has 0 bridgehead atoms. The molecule has 1 aromatic carbocycles. The van der Waals surface area contributed by atoms with Gasteiger partial charge in [0.25, 0.3) is 11.6 Å². The zero-order valence-electron chi connectivity index (χ0n) is 11.4. The Morgan fingerprint density at radius 3 is 2.29 bits per heavy atom. The summed E-state index contributed by atoms with van der Waals surface area (Å²) in [5, 5.41) is 10.9. The van der Waals surface area contributed by atoms with Crippen LogP contribution in [0.15, 0.2) is 24.3 Å². The third-order valence-electron chi connectivity index (χ3n) is 3.33. The van der Waals surface area contributed by atoms with Gasteiger partial charge in [-0.1, -0.05) is 12.1 Å². The number of amides is 1. The van der Waals surface area contributed by atoms with Crippen molar-refractivity contribution in [3.05, 3.63) is 39.9 Å². The van der Waals surface area contributed by atoms with Gasteiger partial charge < -0.3 is 4.90 Å². The van der Waals surface area contributed by atoms with Gasteiger partial charge in [0.15, 0.2) is 0 Å². The number of piperazine rings is 1. The Morgan fingerprint density at radius 2 is 1.76 bits per heavy atom. The number of benzene rings is 1. The number of para-hydroxylation sites is 1. The summed E-state index contributed by atoms with van der Waals surface area (Å²) in [4.78, 5) is 24.1. The molecular weight excluding hydrogens is 298 g/mol. The van der Waals surface area contributed by atoms with Gasteiger partial charge >= 0.3 is 0 Å². The van der Waals surface area contributed by atoms with E-state index in [1.807, 2.05) is 0 Å². The number of nitro benzene ring substituents is 1. The first kappa shape index (κ1) is 15.4. The molecule has 1 aliphatic heterocycles. The summed E-state index contributed by atoms with van der Waals surface area (Å²) in [5.74, 6) is -0.449. The summed E-state index contributed by atoms with van der Waals surface area (Å²) < 4.78 is 24.1. The van der Waals surface area contributed by atoms with Gasteiger partial charge in [0.2, 0.25) is 10.0 Å². The van der Waals surface area contributed by atoms with Crippen molar-refractivity contribution in [1.29, 1.82) is 0 Å². The minimum Gasteiger partial charge on any atom is -0.336 e. The molecular formula is C12H15N3O5S. The Balaban J connectivity index is 2.15. The Hall–Kier alpha value is -2.00. The largest absolute Gasteiger partial charge is 0.336 e. The molecule has 1 aromatic rings. The molecule has 0 aliphatic carbocycles. The number of carbonyl (C=O) groups excluding carboxylic acids is 1. The zero-order chi connectivity index (χ0) is 15.6. The van der Waals surface area contributed by atoms with Crippen LogP contribution in [0.3, 0.4) is 0 Å². The average molecular weight is 313 g/mol. The molecule has 1 aliphatic rings. The number of hydrogen-bond acceptors (Lipinski definition) is 5. The Kier molecular flexibility index (Phi) is 4.24. The van der Waals surface area contributed by atoms with E-state index in [2.05, 4.69) is 0 Å². The standard InChI is InChI=1S/C12H15N3O5S/c1-21(19,20)14-8-6-13(7-9-14)12(16)10-4-2-3-5-11(10)15(17)18/h2-5H,6-9H2,1H3. The Bertz CT molecular complexity index is 665. The number of nitrogens with zero attached hydrogens (tertiary/aromatic N) is 3. The van der Waals surface area contributed by atoms with Crippen LogP contribution in [0.25, 0.3) is 0 Å². The molecule has 0 N–H and O–H groups in total. The summed E-state index contributed by atoms with van der Waals surface area (Å²) in [6.07, 6.45) is 1.12. The second-order valence-corrected chi connectivity index (χ2v) is 6.71. The fraction of sp³-hybridized carbons (Fsp3) is 0.417. The Labute approximate surface area is 122 Å². The summed E-state index contributed by atoms with van der Waals surface area (Å²) in [5.41, 5.74) is -0.219. The highest BCUT2D eigenvalue weighted by molar-refractivity contribution is 7.88. The number of carbonyl (C=O) groups is 1. The highest BCUT2D eigenvalue weighted by atomic mass is 32.2. The molecule has 1 heterocycles. The maximum atomic E-state index is 12.3. The molecule has 1 saturated heterocycles. The minimum absolute atomic E-state index is 0.0234. The first-order valence-corrected chi connectivity index (χ1v) is 8.13. The van der Waals surface area contributed by atoms with E-state index in [-0.39, 0.29) is 37.4 Å². The molecule has 0 unspecified atom stereocenters. The van der Waals surface area contributed by atoms with Crippen molar-refractivity contribution in [2.45, 2.75) is 0 Å². The number of hydrogen-bond donors (Lipinski definition) is 0. The summed E-state index contributed by atoms with van der Waals surface area (Å²) in [6, 6.07) is 5.74. The summed E-state index contributed by atoms with van der Waals surface area (Å²) in [7, 11) is -3.27. The first-order chi connectivity index (χ1) is 9.80. The predicted molar refractivity (Wildman–Crippen MR) is 75.4 cm³/mol. The molecule has 1 fully saturated rings. The highest BCUT2D eigenvalue weighted by Gasteiger charge is 2.29. The van der Waals surface area contributed by atoms with Crippen molar-refractivity contribution in [2.24, 2.45) is 0 Å². The zero-order valence-corrected chi connectivity index (χ0v) is 12.2. The van der Waals surface area contributed by atoms with Gasteiger partial charge in [-0.25, -0.2) is 8.42 Å². The molecule has 0 saturated carbocycles. The quantitative estimate of drug-likeness (QED) is 0.590. The molecule has 8 nitrogen and oxygen atoms in total. The summed E-state index contributed by atoms with van der Waals surface area (Å²) in [6.45, 7) is 0.840. The third kappa shape index (κ3) is 3.37. The molecule has 114 valence electrons. The number of nitro groups is 1. The average Bonchev–Trinajstić information content (AvgIpc) is 2.45. The normalized spacial score (nSPS) is 16.7. The lowest BCUT2D eigenvalue weighted by atomic mass is 10.1. The van der Waals surface area contributed by atoms with Gasteiger partial charge in [-0.05, 0) is 6.07 Å². The molecule has 0 atom stereocenters. The molecule has 2 rings (SSSR count). The van der Waals surface area contributed by atoms with Gasteiger partial charge in [0, 0.05) is 32.2 Å². The van der Waals surface area contributed by atoms with Gasteiger partial charge in [0.1, 0.15) is 5.56 Å². The molecule has 0 radical (unpaired) electrons. The van der Waals surface area contributed by atoms with E-state index in [1.54, 1.807) is 6.07 Å². The van der Waals surface area contributed by atoms with Crippen LogP contribution in [-0.2, 0) is 10.0 Å². The minimum atomic E-state index is -3.27. The maximum absolute atomic E-state index is 12.3. The van der Waals surface area contributed by atoms with E-state index in [0.29, 0.717) is 0 Å². The van der Waals surface area contributed by atoms with Crippen LogP contribution >= 0.6 is 0 Å². The van der Waals surface area contributed by atoms with Crippen molar-refractivity contribution < 1.29 is 18.1 Å². The van der Waals surface area contributed by atoms with Gasteiger partial charge in [-0.2, -0.15) is 4.31 Å². The van der Waals surface area contributed by atoms with E-state index in [0.717, 1.165) is 6.26 Å². The molecule has 21 heavy (non-hydrogen) atoms. The van der Waals surface area contributed by atoms with Crippen molar-refractivity contribution in [3.8, 4) is 0 Å². The second-order valence-electron chi connectivity index (χ2n) is 4.73. The highest BCUT2D eigenvalue weighted by Crippen LogP contribution is 2.20. The topological polar surface area (TPSA) is 101 Å². The van der Waals surface area contributed by atoms with Crippen LogP contribution < -0.4 is 0 Å². The molecule has 1 amide bonds. The predicted octanol–water partition coefficient (Wildman–Crippen LogP) is 0.312. The van der Waals surface area contributed by atoms with Crippen LogP contribution in [0.4, 0.5) is 5.69 Å². The van der Waals surface area contributed by atoms with E-state index in [4.69, 9.17) is 0 Å². The third-order valence-corrected chi connectivity index (χ3v) is 4.63. The number of rotatable bonds is 3. The van der Waals surface area contributed by atoms with Crippen LogP contribution in [-0.4, -0.2) is 60.9 Å². The van der Waals surface area contributed by atoms with Crippen LogP contribution in [0.2, 0.25) is 0 Å². The van der Waals surface area contributed by atoms with Crippen LogP contribution in [0.1, 0.15) is 10.4 Å². The smallest absolute Gasteiger partial charge is 0.282 e. The Morgan fingerprint density at radius 1 is 1.19 bits per heavy atom. The van der Waals surface area contributed by atoms with Crippen molar-refractivity contribution in [3.63, 3.8) is 0 Å². The lowest BCUT2D eigenvalue weighted by Crippen LogP contribution is -2.50. The van der Waals surface area contributed by atoms with E-state index in [1.165, 1.54) is 27.4 Å². The lowest BCUT2D eigenvalue weighted by molar-refractivity contribution is -0.385. The molecule has 9 heteroatoms. The van der Waals surface area contributed by atoms with Gasteiger partial charge in [-0.3, -0.25) is 14.9 Å².